The predicted molar refractivity (Wildman–Crippen MR) is 82.3 cm³/mol. The zero-order valence-corrected chi connectivity index (χ0v) is 13.3. The monoisotopic (exact) mass is 305 g/mol. The van der Waals surface area contributed by atoms with Crippen LogP contribution in [0, 0.1) is 5.41 Å². The SMILES string of the molecule is CC(C)(C)CC(=O)Nc1ccsc1-c1nc(C2CC2)no1. The van der Waals surface area contributed by atoms with Crippen LogP contribution in [-0.4, -0.2) is 16.0 Å². The van der Waals surface area contributed by atoms with Crippen molar-refractivity contribution in [3.05, 3.63) is 17.3 Å². The quantitative estimate of drug-likeness (QED) is 0.925. The maximum absolute atomic E-state index is 12.1. The standard InChI is InChI=1S/C15H19N3O2S/c1-15(2,3)8-11(19)16-10-6-7-21-12(10)14-17-13(18-20-14)9-4-5-9/h6-7,9H,4-5,8H2,1-3H3,(H,16,19). The van der Waals surface area contributed by atoms with E-state index in [4.69, 9.17) is 4.52 Å². The van der Waals surface area contributed by atoms with Gasteiger partial charge >= 0.3 is 0 Å². The second kappa shape index (κ2) is 5.26. The van der Waals surface area contributed by atoms with Gasteiger partial charge in [-0.1, -0.05) is 25.9 Å². The van der Waals surface area contributed by atoms with E-state index in [9.17, 15) is 4.79 Å². The molecule has 1 aliphatic rings. The Labute approximate surface area is 127 Å². The van der Waals surface area contributed by atoms with Gasteiger partial charge in [0.2, 0.25) is 5.91 Å². The van der Waals surface area contributed by atoms with Crippen molar-refractivity contribution in [2.24, 2.45) is 5.41 Å². The lowest BCUT2D eigenvalue weighted by Crippen LogP contribution is -2.19. The molecule has 0 radical (unpaired) electrons. The fourth-order valence-corrected chi connectivity index (χ4v) is 2.85. The van der Waals surface area contributed by atoms with Gasteiger partial charge in [-0.05, 0) is 29.7 Å². The minimum atomic E-state index is -0.0378. The summed E-state index contributed by atoms with van der Waals surface area (Å²) in [4.78, 5) is 17.3. The van der Waals surface area contributed by atoms with Gasteiger partial charge in [-0.15, -0.1) is 11.3 Å². The fraction of sp³-hybridized carbons (Fsp3) is 0.533. The van der Waals surface area contributed by atoms with Crippen LogP contribution in [0.4, 0.5) is 5.69 Å². The summed E-state index contributed by atoms with van der Waals surface area (Å²) in [5.74, 6) is 1.74. The van der Waals surface area contributed by atoms with Gasteiger partial charge < -0.3 is 9.84 Å². The summed E-state index contributed by atoms with van der Waals surface area (Å²) in [6, 6.07) is 1.88. The number of nitrogens with one attached hydrogen (secondary N) is 1. The number of nitrogens with zero attached hydrogens (tertiary/aromatic N) is 2. The third-order valence-corrected chi connectivity index (χ3v) is 4.11. The first kappa shape index (κ1) is 14.3. The highest BCUT2D eigenvalue weighted by Gasteiger charge is 2.29. The van der Waals surface area contributed by atoms with Gasteiger partial charge in [-0.25, -0.2) is 0 Å². The summed E-state index contributed by atoms with van der Waals surface area (Å²) in [5, 5.41) is 8.88. The molecule has 0 saturated heterocycles. The Morgan fingerprint density at radius 1 is 1.48 bits per heavy atom. The first-order chi connectivity index (χ1) is 9.92. The third-order valence-electron chi connectivity index (χ3n) is 3.21. The highest BCUT2D eigenvalue weighted by atomic mass is 32.1. The Bertz CT molecular complexity index is 650. The fourth-order valence-electron chi connectivity index (χ4n) is 2.08. The summed E-state index contributed by atoms with van der Waals surface area (Å²) in [5.41, 5.74) is 0.712. The van der Waals surface area contributed by atoms with Crippen molar-refractivity contribution < 1.29 is 9.32 Å². The van der Waals surface area contributed by atoms with Gasteiger partial charge in [0.15, 0.2) is 5.82 Å². The van der Waals surface area contributed by atoms with E-state index in [1.807, 2.05) is 32.2 Å². The molecular weight excluding hydrogens is 286 g/mol. The number of rotatable bonds is 4. The first-order valence-electron chi connectivity index (χ1n) is 7.14. The summed E-state index contributed by atoms with van der Waals surface area (Å²) in [7, 11) is 0. The van der Waals surface area contributed by atoms with E-state index in [1.165, 1.54) is 11.3 Å². The van der Waals surface area contributed by atoms with E-state index in [1.54, 1.807) is 0 Å². The van der Waals surface area contributed by atoms with Crippen LogP contribution in [0.2, 0.25) is 0 Å². The summed E-state index contributed by atoms with van der Waals surface area (Å²) in [6.45, 7) is 6.13. The van der Waals surface area contributed by atoms with Crippen LogP contribution in [-0.2, 0) is 4.79 Å². The van der Waals surface area contributed by atoms with Crippen LogP contribution in [0.15, 0.2) is 16.0 Å². The van der Waals surface area contributed by atoms with Crippen LogP contribution >= 0.6 is 11.3 Å². The normalized spacial score (nSPS) is 15.2. The third kappa shape index (κ3) is 3.50. The van der Waals surface area contributed by atoms with E-state index in [0.717, 1.165) is 29.2 Å². The molecule has 2 aromatic rings. The largest absolute Gasteiger partial charge is 0.333 e. The summed E-state index contributed by atoms with van der Waals surface area (Å²) < 4.78 is 5.33. The van der Waals surface area contributed by atoms with Crippen LogP contribution in [0.5, 0.6) is 0 Å². The van der Waals surface area contributed by atoms with Gasteiger partial charge in [-0.3, -0.25) is 4.79 Å². The van der Waals surface area contributed by atoms with Gasteiger partial charge in [0, 0.05) is 12.3 Å². The van der Waals surface area contributed by atoms with Gasteiger partial charge in [-0.2, -0.15) is 4.98 Å². The van der Waals surface area contributed by atoms with Crippen molar-refractivity contribution in [3.63, 3.8) is 0 Å². The molecule has 1 fully saturated rings. The van der Waals surface area contributed by atoms with Gasteiger partial charge in [0.05, 0.1) is 5.69 Å². The molecule has 21 heavy (non-hydrogen) atoms. The second-order valence-corrected chi connectivity index (χ2v) is 7.60. The zero-order chi connectivity index (χ0) is 15.0. The Hall–Kier alpha value is -1.69. The molecule has 0 aromatic carbocycles. The molecule has 1 N–H and O–H groups in total. The molecule has 5 nitrogen and oxygen atoms in total. The Balaban J connectivity index is 1.75. The molecule has 0 bridgehead atoms. The van der Waals surface area contributed by atoms with Crippen molar-refractivity contribution in [1.82, 2.24) is 10.1 Å². The molecule has 2 aromatic heterocycles. The van der Waals surface area contributed by atoms with Crippen molar-refractivity contribution in [2.75, 3.05) is 5.32 Å². The highest BCUT2D eigenvalue weighted by molar-refractivity contribution is 7.14. The second-order valence-electron chi connectivity index (χ2n) is 6.68. The number of hydrogen-bond acceptors (Lipinski definition) is 5. The molecule has 6 heteroatoms. The molecule has 3 rings (SSSR count). The summed E-state index contributed by atoms with van der Waals surface area (Å²) >= 11 is 1.50. The number of carbonyl (C=O) groups excluding carboxylic acids is 1. The topological polar surface area (TPSA) is 68.0 Å². The maximum Gasteiger partial charge on any atom is 0.270 e. The smallest absolute Gasteiger partial charge is 0.270 e. The maximum atomic E-state index is 12.1. The molecule has 2 heterocycles. The number of anilines is 1. The molecule has 1 aliphatic carbocycles. The number of aromatic nitrogens is 2. The molecule has 1 saturated carbocycles. The molecule has 0 atom stereocenters. The van der Waals surface area contributed by atoms with Crippen molar-refractivity contribution in [1.29, 1.82) is 0 Å². The van der Waals surface area contributed by atoms with Crippen LogP contribution in [0.1, 0.15) is 51.8 Å². The van der Waals surface area contributed by atoms with E-state index in [-0.39, 0.29) is 11.3 Å². The van der Waals surface area contributed by atoms with E-state index < -0.39 is 0 Å². The molecule has 112 valence electrons. The number of amides is 1. The molecular formula is C15H19N3O2S. The van der Waals surface area contributed by atoms with Crippen molar-refractivity contribution in [3.8, 4) is 10.8 Å². The molecule has 0 unspecified atom stereocenters. The number of carbonyl (C=O) groups is 1. The van der Waals surface area contributed by atoms with Gasteiger partial charge in [0.25, 0.3) is 5.89 Å². The number of thiophene rings is 1. The lowest BCUT2D eigenvalue weighted by atomic mass is 9.92. The Kier molecular flexibility index (Phi) is 3.57. The Morgan fingerprint density at radius 2 is 2.24 bits per heavy atom. The molecule has 0 spiro atoms. The van der Waals surface area contributed by atoms with Crippen LogP contribution in [0.3, 0.4) is 0 Å². The van der Waals surface area contributed by atoms with E-state index >= 15 is 0 Å². The Morgan fingerprint density at radius 3 is 2.90 bits per heavy atom. The van der Waals surface area contributed by atoms with E-state index in [2.05, 4.69) is 15.5 Å². The minimum absolute atomic E-state index is 0.00378. The van der Waals surface area contributed by atoms with Crippen molar-refractivity contribution in [2.45, 2.75) is 46.0 Å². The lowest BCUT2D eigenvalue weighted by Gasteiger charge is -2.17. The molecule has 1 amide bonds. The predicted octanol–water partition coefficient (Wildman–Crippen LogP) is 4.05. The zero-order valence-electron chi connectivity index (χ0n) is 12.5. The molecule has 0 aliphatic heterocycles. The van der Waals surface area contributed by atoms with Crippen LogP contribution < -0.4 is 5.32 Å². The summed E-state index contributed by atoms with van der Waals surface area (Å²) in [6.07, 6.45) is 2.75. The average molecular weight is 305 g/mol. The van der Waals surface area contributed by atoms with Crippen molar-refractivity contribution >= 4 is 22.9 Å². The number of hydrogen-bond donors (Lipinski definition) is 1. The average Bonchev–Trinajstić information content (AvgIpc) is 2.93. The lowest BCUT2D eigenvalue weighted by molar-refractivity contribution is -0.117. The minimum Gasteiger partial charge on any atom is -0.333 e. The first-order valence-corrected chi connectivity index (χ1v) is 8.02. The highest BCUT2D eigenvalue weighted by Crippen LogP contribution is 2.40. The van der Waals surface area contributed by atoms with Crippen LogP contribution in [0.25, 0.3) is 10.8 Å². The van der Waals surface area contributed by atoms with Gasteiger partial charge in [0.1, 0.15) is 4.88 Å². The van der Waals surface area contributed by atoms with E-state index in [0.29, 0.717) is 18.2 Å².